The summed E-state index contributed by atoms with van der Waals surface area (Å²) < 4.78 is 0. The van der Waals surface area contributed by atoms with Gasteiger partial charge in [0.25, 0.3) is 0 Å². The molecular formula is C14H30N4. The molecule has 2 aliphatic rings. The third kappa shape index (κ3) is 4.19. The molecule has 0 saturated heterocycles. The number of rotatable bonds is 5. The predicted molar refractivity (Wildman–Crippen MR) is 76.5 cm³/mol. The average Bonchev–Trinajstić information content (AvgIpc) is 2.38. The van der Waals surface area contributed by atoms with Gasteiger partial charge in [0.05, 0.1) is 0 Å². The van der Waals surface area contributed by atoms with Gasteiger partial charge in [-0.1, -0.05) is 25.7 Å². The molecule has 0 aromatic rings. The highest BCUT2D eigenvalue weighted by Crippen LogP contribution is 2.17. The van der Waals surface area contributed by atoms with E-state index in [1.54, 1.807) is 0 Å². The molecule has 3 unspecified atom stereocenters. The van der Waals surface area contributed by atoms with Crippen molar-refractivity contribution in [2.45, 2.75) is 75.5 Å². The van der Waals surface area contributed by atoms with Gasteiger partial charge in [-0.3, -0.25) is 0 Å². The molecule has 0 aromatic carbocycles. The van der Waals surface area contributed by atoms with Gasteiger partial charge < -0.3 is 22.1 Å². The number of hydrogen-bond acceptors (Lipinski definition) is 4. The molecule has 0 spiro atoms. The van der Waals surface area contributed by atoms with Crippen LogP contribution in [0.4, 0.5) is 0 Å². The van der Waals surface area contributed by atoms with Gasteiger partial charge in [-0.25, -0.2) is 0 Å². The summed E-state index contributed by atoms with van der Waals surface area (Å²) in [5.41, 5.74) is 12.2. The minimum Gasteiger partial charge on any atom is -0.326 e. The van der Waals surface area contributed by atoms with Crippen LogP contribution in [0, 0.1) is 0 Å². The first-order valence-corrected chi connectivity index (χ1v) is 7.75. The van der Waals surface area contributed by atoms with Crippen LogP contribution in [0.1, 0.15) is 51.4 Å². The first-order valence-electron chi connectivity index (χ1n) is 7.75. The Morgan fingerprint density at radius 1 is 0.667 bits per heavy atom. The van der Waals surface area contributed by atoms with Gasteiger partial charge in [-0.15, -0.1) is 0 Å². The van der Waals surface area contributed by atoms with Crippen molar-refractivity contribution in [1.29, 1.82) is 0 Å². The molecule has 0 amide bonds. The Morgan fingerprint density at radius 3 is 1.44 bits per heavy atom. The van der Waals surface area contributed by atoms with E-state index in [1.807, 2.05) is 0 Å². The quantitative estimate of drug-likeness (QED) is 0.545. The monoisotopic (exact) mass is 254 g/mol. The van der Waals surface area contributed by atoms with Crippen LogP contribution in [0.2, 0.25) is 0 Å². The topological polar surface area (TPSA) is 76.1 Å². The predicted octanol–water partition coefficient (Wildman–Crippen LogP) is 0.705. The van der Waals surface area contributed by atoms with E-state index in [0.29, 0.717) is 24.2 Å². The van der Waals surface area contributed by atoms with E-state index in [1.165, 1.54) is 51.4 Å². The minimum absolute atomic E-state index is 0.357. The standard InChI is InChI=1S/C14H30N4/c15-11-5-1-3-7-13(11)17-9-10-18-14-8-4-2-6-12(14)16/h11-14,17-18H,1-10,15-16H2/t11-,12?,13?,14?/m1/s1. The summed E-state index contributed by atoms with van der Waals surface area (Å²) in [4.78, 5) is 0. The van der Waals surface area contributed by atoms with Crippen molar-refractivity contribution in [2.75, 3.05) is 13.1 Å². The van der Waals surface area contributed by atoms with Crippen LogP contribution < -0.4 is 22.1 Å². The number of hydrogen-bond donors (Lipinski definition) is 4. The molecule has 0 bridgehead atoms. The molecule has 0 radical (unpaired) electrons. The Balaban J connectivity index is 1.57. The van der Waals surface area contributed by atoms with Crippen molar-refractivity contribution < 1.29 is 0 Å². The maximum Gasteiger partial charge on any atom is 0.0219 e. The van der Waals surface area contributed by atoms with Crippen LogP contribution in [-0.2, 0) is 0 Å². The maximum atomic E-state index is 6.12. The van der Waals surface area contributed by atoms with E-state index in [4.69, 9.17) is 11.5 Å². The maximum absolute atomic E-state index is 6.12. The van der Waals surface area contributed by atoms with Crippen LogP contribution in [0.3, 0.4) is 0 Å². The van der Waals surface area contributed by atoms with Gasteiger partial charge in [0.2, 0.25) is 0 Å². The Morgan fingerprint density at radius 2 is 1.06 bits per heavy atom. The normalized spacial score (nSPS) is 37.7. The summed E-state index contributed by atoms with van der Waals surface area (Å²) in [5, 5.41) is 7.19. The second kappa shape index (κ2) is 7.43. The summed E-state index contributed by atoms with van der Waals surface area (Å²) in [6.45, 7) is 2.03. The molecular weight excluding hydrogens is 224 g/mol. The lowest BCUT2D eigenvalue weighted by Crippen LogP contribution is -2.51. The summed E-state index contributed by atoms with van der Waals surface area (Å²) >= 11 is 0. The van der Waals surface area contributed by atoms with E-state index >= 15 is 0 Å². The SMILES string of the molecule is NC1CCCCC1NCCNC1CCCC[C@H]1N. The van der Waals surface area contributed by atoms with E-state index in [-0.39, 0.29) is 0 Å². The second-order valence-electron chi connectivity index (χ2n) is 6.02. The van der Waals surface area contributed by atoms with Crippen LogP contribution in [0.5, 0.6) is 0 Å². The number of nitrogens with one attached hydrogen (secondary N) is 2. The first kappa shape index (κ1) is 14.3. The molecule has 2 rings (SSSR count). The molecule has 2 aliphatic carbocycles. The van der Waals surface area contributed by atoms with Crippen molar-refractivity contribution in [2.24, 2.45) is 11.5 Å². The fourth-order valence-corrected chi connectivity index (χ4v) is 3.34. The van der Waals surface area contributed by atoms with Gasteiger partial charge in [-0.05, 0) is 25.7 Å². The fraction of sp³-hybridized carbons (Fsp3) is 1.00. The highest BCUT2D eigenvalue weighted by molar-refractivity contribution is 4.86. The van der Waals surface area contributed by atoms with Crippen molar-refractivity contribution in [3.05, 3.63) is 0 Å². The summed E-state index contributed by atoms with van der Waals surface area (Å²) in [5.74, 6) is 0. The van der Waals surface area contributed by atoms with Crippen LogP contribution in [0.25, 0.3) is 0 Å². The highest BCUT2D eigenvalue weighted by Gasteiger charge is 2.22. The molecule has 2 fully saturated rings. The molecule has 0 aliphatic heterocycles. The molecule has 4 heteroatoms. The molecule has 4 nitrogen and oxygen atoms in total. The lowest BCUT2D eigenvalue weighted by Gasteiger charge is -2.31. The Labute approximate surface area is 111 Å². The molecule has 18 heavy (non-hydrogen) atoms. The fourth-order valence-electron chi connectivity index (χ4n) is 3.34. The molecule has 6 N–H and O–H groups in total. The highest BCUT2D eigenvalue weighted by atomic mass is 15.0. The largest absolute Gasteiger partial charge is 0.326 e. The van der Waals surface area contributed by atoms with Crippen molar-refractivity contribution >= 4 is 0 Å². The van der Waals surface area contributed by atoms with Crippen molar-refractivity contribution in [3.8, 4) is 0 Å². The van der Waals surface area contributed by atoms with Crippen LogP contribution in [-0.4, -0.2) is 37.3 Å². The number of nitrogens with two attached hydrogens (primary N) is 2. The van der Waals surface area contributed by atoms with E-state index in [0.717, 1.165) is 13.1 Å². The Hall–Kier alpha value is -0.160. The summed E-state index contributed by atoms with van der Waals surface area (Å²) in [6, 6.07) is 1.77. The van der Waals surface area contributed by atoms with E-state index in [9.17, 15) is 0 Å². The smallest absolute Gasteiger partial charge is 0.0219 e. The Kier molecular flexibility index (Phi) is 5.89. The first-order chi connectivity index (χ1) is 8.77. The van der Waals surface area contributed by atoms with E-state index < -0.39 is 0 Å². The molecule has 0 aromatic heterocycles. The summed E-state index contributed by atoms with van der Waals surface area (Å²) in [7, 11) is 0. The van der Waals surface area contributed by atoms with Gasteiger partial charge in [0, 0.05) is 37.3 Å². The molecule has 0 heterocycles. The van der Waals surface area contributed by atoms with Crippen LogP contribution in [0.15, 0.2) is 0 Å². The van der Waals surface area contributed by atoms with Gasteiger partial charge in [0.15, 0.2) is 0 Å². The van der Waals surface area contributed by atoms with Gasteiger partial charge >= 0.3 is 0 Å². The zero-order valence-corrected chi connectivity index (χ0v) is 11.5. The van der Waals surface area contributed by atoms with Gasteiger partial charge in [-0.2, -0.15) is 0 Å². The van der Waals surface area contributed by atoms with Crippen molar-refractivity contribution in [1.82, 2.24) is 10.6 Å². The zero-order valence-electron chi connectivity index (χ0n) is 11.5. The van der Waals surface area contributed by atoms with E-state index in [2.05, 4.69) is 10.6 Å². The van der Waals surface area contributed by atoms with Gasteiger partial charge in [0.1, 0.15) is 0 Å². The molecule has 2 saturated carbocycles. The molecule has 106 valence electrons. The van der Waals surface area contributed by atoms with Crippen molar-refractivity contribution in [3.63, 3.8) is 0 Å². The lowest BCUT2D eigenvalue weighted by molar-refractivity contribution is 0.306. The lowest BCUT2D eigenvalue weighted by atomic mass is 9.90. The third-order valence-electron chi connectivity index (χ3n) is 4.58. The Bertz CT molecular complexity index is 210. The van der Waals surface area contributed by atoms with Crippen LogP contribution >= 0.6 is 0 Å². The minimum atomic E-state index is 0.357. The second-order valence-corrected chi connectivity index (χ2v) is 6.02. The average molecular weight is 254 g/mol. The molecule has 4 atom stereocenters. The third-order valence-corrected chi connectivity index (χ3v) is 4.58. The summed E-state index contributed by atoms with van der Waals surface area (Å²) in [6.07, 6.45) is 10.1. The zero-order chi connectivity index (χ0) is 12.8.